The van der Waals surface area contributed by atoms with E-state index in [1.165, 1.54) is 0 Å². The number of nitrogens with one attached hydrogen (secondary N) is 1. The Balaban J connectivity index is 1.79. The molecule has 23 heavy (non-hydrogen) atoms. The normalized spacial score (nSPS) is 12.1. The number of nitrogens with zero attached hydrogens (tertiary/aromatic N) is 4. The summed E-state index contributed by atoms with van der Waals surface area (Å²) >= 11 is 3.23. The number of hydrogen-bond acceptors (Lipinski definition) is 8. The first-order valence-corrected chi connectivity index (χ1v) is 8.78. The zero-order chi connectivity index (χ0) is 16.2. The molecule has 3 rings (SSSR count). The summed E-state index contributed by atoms with van der Waals surface area (Å²) in [6, 6.07) is 9.72. The zero-order valence-electron chi connectivity index (χ0n) is 12.7. The lowest BCUT2D eigenvalue weighted by Gasteiger charge is -2.11. The number of nitrogens with two attached hydrogens (primary N) is 1. The predicted octanol–water partition coefficient (Wildman–Crippen LogP) is 3.82. The van der Waals surface area contributed by atoms with Gasteiger partial charge in [-0.05, 0) is 26.0 Å². The number of hydrogen-bond donors (Lipinski definition) is 2. The molecule has 0 spiro atoms. The van der Waals surface area contributed by atoms with E-state index in [9.17, 15) is 0 Å². The van der Waals surface area contributed by atoms with Gasteiger partial charge in [0, 0.05) is 16.8 Å². The molecule has 1 atom stereocenters. The van der Waals surface area contributed by atoms with Gasteiger partial charge in [0.2, 0.25) is 11.9 Å². The lowest BCUT2D eigenvalue weighted by atomic mass is 10.3. The molecule has 0 fully saturated rings. The average molecular weight is 344 g/mol. The molecule has 3 aromatic rings. The van der Waals surface area contributed by atoms with Gasteiger partial charge in [0.25, 0.3) is 0 Å². The van der Waals surface area contributed by atoms with Crippen molar-refractivity contribution in [3.05, 3.63) is 47.2 Å². The Morgan fingerprint density at radius 2 is 1.91 bits per heavy atom. The van der Waals surface area contributed by atoms with Crippen LogP contribution in [0.15, 0.2) is 40.1 Å². The van der Waals surface area contributed by atoms with Gasteiger partial charge < -0.3 is 11.1 Å². The van der Waals surface area contributed by atoms with Crippen molar-refractivity contribution in [1.82, 2.24) is 19.9 Å². The van der Waals surface area contributed by atoms with Gasteiger partial charge in [-0.25, -0.2) is 4.98 Å². The van der Waals surface area contributed by atoms with E-state index in [0.29, 0.717) is 11.8 Å². The van der Waals surface area contributed by atoms with Crippen LogP contribution in [0.4, 0.5) is 17.6 Å². The maximum absolute atomic E-state index is 5.82. The second-order valence-corrected chi connectivity index (χ2v) is 7.33. The fraction of sp³-hybridized carbons (Fsp3) is 0.200. The topological polar surface area (TPSA) is 89.6 Å². The van der Waals surface area contributed by atoms with E-state index in [1.807, 2.05) is 49.6 Å². The van der Waals surface area contributed by atoms with Crippen LogP contribution in [0.1, 0.15) is 23.7 Å². The summed E-state index contributed by atoms with van der Waals surface area (Å²) < 4.78 is 0.992. The molecular formula is C15H16N6S2. The van der Waals surface area contributed by atoms with Crippen molar-refractivity contribution in [1.29, 1.82) is 0 Å². The highest BCUT2D eigenvalue weighted by atomic mass is 32.2. The van der Waals surface area contributed by atoms with Crippen molar-refractivity contribution < 1.29 is 0 Å². The van der Waals surface area contributed by atoms with Crippen LogP contribution in [0.2, 0.25) is 0 Å². The maximum atomic E-state index is 5.82. The number of benzene rings is 1. The van der Waals surface area contributed by atoms with Gasteiger partial charge in [0.15, 0.2) is 4.34 Å². The summed E-state index contributed by atoms with van der Waals surface area (Å²) in [5.41, 5.74) is 7.75. The van der Waals surface area contributed by atoms with Gasteiger partial charge in [0.1, 0.15) is 5.82 Å². The van der Waals surface area contributed by atoms with Crippen molar-refractivity contribution in [2.75, 3.05) is 11.1 Å². The van der Waals surface area contributed by atoms with E-state index in [1.54, 1.807) is 23.1 Å². The van der Waals surface area contributed by atoms with E-state index >= 15 is 0 Å². The third-order valence-electron chi connectivity index (χ3n) is 2.94. The Morgan fingerprint density at radius 1 is 1.13 bits per heavy atom. The largest absolute Gasteiger partial charge is 0.368 e. The summed E-state index contributed by atoms with van der Waals surface area (Å²) in [5.74, 6) is 1.28. The number of aryl methyl sites for hydroxylation is 1. The Kier molecular flexibility index (Phi) is 4.73. The fourth-order valence-corrected chi connectivity index (χ4v) is 3.92. The molecule has 0 radical (unpaired) electrons. The molecule has 2 heterocycles. The SMILES string of the molecule is Cc1csc(SC(C)c2nc(N)nc(Nc3ccccc3)n2)n1. The maximum Gasteiger partial charge on any atom is 0.232 e. The third-order valence-corrected chi connectivity index (χ3v) is 5.13. The third kappa shape index (κ3) is 4.17. The van der Waals surface area contributed by atoms with Crippen LogP contribution in [-0.4, -0.2) is 19.9 Å². The molecular weight excluding hydrogens is 328 g/mol. The van der Waals surface area contributed by atoms with Gasteiger partial charge in [0.05, 0.1) is 5.25 Å². The molecule has 2 aromatic heterocycles. The highest BCUT2D eigenvalue weighted by Crippen LogP contribution is 2.35. The molecule has 0 aliphatic rings. The van der Waals surface area contributed by atoms with Gasteiger partial charge >= 0.3 is 0 Å². The highest BCUT2D eigenvalue weighted by Gasteiger charge is 2.15. The van der Waals surface area contributed by atoms with E-state index in [-0.39, 0.29) is 11.2 Å². The predicted molar refractivity (Wildman–Crippen MR) is 95.1 cm³/mol. The molecule has 0 bridgehead atoms. The lowest BCUT2D eigenvalue weighted by Crippen LogP contribution is -2.08. The first-order valence-electron chi connectivity index (χ1n) is 7.02. The van der Waals surface area contributed by atoms with Crippen molar-refractivity contribution in [3.63, 3.8) is 0 Å². The number of aromatic nitrogens is 4. The van der Waals surface area contributed by atoms with Crippen LogP contribution >= 0.6 is 23.1 Å². The molecule has 6 nitrogen and oxygen atoms in total. The highest BCUT2D eigenvalue weighted by molar-refractivity contribution is 8.01. The zero-order valence-corrected chi connectivity index (χ0v) is 14.4. The number of anilines is 3. The number of thiazole rings is 1. The number of thioether (sulfide) groups is 1. The van der Waals surface area contributed by atoms with Crippen LogP contribution in [0, 0.1) is 6.92 Å². The van der Waals surface area contributed by atoms with Gasteiger partial charge in [-0.3, -0.25) is 0 Å². The van der Waals surface area contributed by atoms with E-state index in [2.05, 4.69) is 25.3 Å². The molecule has 8 heteroatoms. The molecule has 0 aliphatic heterocycles. The minimum absolute atomic E-state index is 0.0298. The fourth-order valence-electron chi connectivity index (χ4n) is 1.89. The van der Waals surface area contributed by atoms with Gasteiger partial charge in [-0.1, -0.05) is 30.0 Å². The van der Waals surface area contributed by atoms with E-state index in [4.69, 9.17) is 5.73 Å². The summed E-state index contributed by atoms with van der Waals surface area (Å²) in [4.78, 5) is 17.3. The molecule has 118 valence electrons. The minimum Gasteiger partial charge on any atom is -0.368 e. The summed E-state index contributed by atoms with van der Waals surface area (Å²) in [7, 11) is 0. The average Bonchev–Trinajstić information content (AvgIpc) is 2.93. The van der Waals surface area contributed by atoms with E-state index < -0.39 is 0 Å². The van der Waals surface area contributed by atoms with Crippen molar-refractivity contribution >= 4 is 40.7 Å². The standard InChI is InChI=1S/C15H16N6S2/c1-9-8-22-15(17-9)23-10(2)12-19-13(16)21-14(20-12)18-11-6-4-3-5-7-11/h3-8,10H,1-2H3,(H3,16,18,19,20,21). The summed E-state index contributed by atoms with van der Waals surface area (Å²) in [6.07, 6.45) is 0. The molecule has 1 aromatic carbocycles. The molecule has 0 saturated heterocycles. The molecule has 3 N–H and O–H groups in total. The Bertz CT molecular complexity index is 790. The second kappa shape index (κ2) is 6.93. The number of para-hydroxylation sites is 1. The van der Waals surface area contributed by atoms with Crippen molar-refractivity contribution in [2.45, 2.75) is 23.4 Å². The van der Waals surface area contributed by atoms with Crippen LogP contribution in [-0.2, 0) is 0 Å². The summed E-state index contributed by atoms with van der Waals surface area (Å²) in [5, 5.41) is 5.20. The second-order valence-electron chi connectivity index (χ2n) is 4.88. The molecule has 0 saturated carbocycles. The van der Waals surface area contributed by atoms with Crippen LogP contribution in [0.3, 0.4) is 0 Å². The van der Waals surface area contributed by atoms with Crippen LogP contribution in [0.5, 0.6) is 0 Å². The van der Waals surface area contributed by atoms with Crippen molar-refractivity contribution in [2.24, 2.45) is 0 Å². The Labute approximate surface area is 142 Å². The number of nitrogen functional groups attached to an aromatic ring is 1. The van der Waals surface area contributed by atoms with Crippen LogP contribution in [0.25, 0.3) is 0 Å². The van der Waals surface area contributed by atoms with Crippen molar-refractivity contribution in [3.8, 4) is 0 Å². The Morgan fingerprint density at radius 3 is 2.61 bits per heavy atom. The van der Waals surface area contributed by atoms with Crippen LogP contribution < -0.4 is 11.1 Å². The molecule has 0 aliphatic carbocycles. The quantitative estimate of drug-likeness (QED) is 0.680. The first-order chi connectivity index (χ1) is 11.1. The Hall–Kier alpha value is -2.19. The van der Waals surface area contributed by atoms with Gasteiger partial charge in [-0.2, -0.15) is 15.0 Å². The molecule has 1 unspecified atom stereocenters. The van der Waals surface area contributed by atoms with E-state index in [0.717, 1.165) is 15.7 Å². The molecule has 0 amide bonds. The number of rotatable bonds is 5. The smallest absolute Gasteiger partial charge is 0.232 e. The minimum atomic E-state index is 0.0298. The monoisotopic (exact) mass is 344 g/mol. The summed E-state index contributed by atoms with van der Waals surface area (Å²) in [6.45, 7) is 4.01. The lowest BCUT2D eigenvalue weighted by molar-refractivity contribution is 0.895. The first kappa shape index (κ1) is 15.7. The van der Waals surface area contributed by atoms with Gasteiger partial charge in [-0.15, -0.1) is 11.3 Å².